The molecule has 0 saturated heterocycles. The largest absolute Gasteiger partial charge is 0.322 e. The molecular weight excluding hydrogens is 240 g/mol. The highest BCUT2D eigenvalue weighted by Crippen LogP contribution is 2.17. The molecule has 0 radical (unpaired) electrons. The predicted molar refractivity (Wildman–Crippen MR) is 75.9 cm³/mol. The van der Waals surface area contributed by atoms with Gasteiger partial charge in [0.2, 0.25) is 0 Å². The molecule has 5 nitrogen and oxygen atoms in total. The molecular formula is C14H16N4O. The Hall–Kier alpha value is -2.40. The summed E-state index contributed by atoms with van der Waals surface area (Å²) in [5.74, 6) is 5.53. The van der Waals surface area contributed by atoms with E-state index in [2.05, 4.69) is 15.7 Å². The second-order valence-electron chi connectivity index (χ2n) is 4.35. The highest BCUT2D eigenvalue weighted by molar-refractivity contribution is 6.05. The van der Waals surface area contributed by atoms with E-state index in [0.717, 1.165) is 16.8 Å². The Morgan fingerprint density at radius 3 is 2.68 bits per heavy atom. The van der Waals surface area contributed by atoms with Crippen molar-refractivity contribution in [3.63, 3.8) is 0 Å². The third-order valence-corrected chi connectivity index (χ3v) is 2.80. The summed E-state index contributed by atoms with van der Waals surface area (Å²) in [4.78, 5) is 16.1. The first kappa shape index (κ1) is 13.0. The summed E-state index contributed by atoms with van der Waals surface area (Å²) >= 11 is 0. The van der Waals surface area contributed by atoms with Gasteiger partial charge in [-0.25, -0.2) is 10.8 Å². The summed E-state index contributed by atoms with van der Waals surface area (Å²) in [5, 5.41) is 2.87. The van der Waals surface area contributed by atoms with Gasteiger partial charge in [0, 0.05) is 17.4 Å². The minimum atomic E-state index is -0.189. The highest BCUT2D eigenvalue weighted by Gasteiger charge is 2.08. The normalized spacial score (nSPS) is 10.1. The lowest BCUT2D eigenvalue weighted by Gasteiger charge is -2.09. The van der Waals surface area contributed by atoms with Crippen LogP contribution in [-0.2, 0) is 0 Å². The Bertz CT molecular complexity index is 610. The van der Waals surface area contributed by atoms with Gasteiger partial charge < -0.3 is 10.7 Å². The second kappa shape index (κ2) is 5.49. The van der Waals surface area contributed by atoms with E-state index in [9.17, 15) is 4.79 Å². The zero-order chi connectivity index (χ0) is 13.8. The quantitative estimate of drug-likeness (QED) is 0.581. The third-order valence-electron chi connectivity index (χ3n) is 2.80. The number of carbonyl (C=O) groups is 1. The fraction of sp³-hybridized carbons (Fsp3) is 0.143. The van der Waals surface area contributed by atoms with Gasteiger partial charge in [-0.05, 0) is 37.6 Å². The Kier molecular flexibility index (Phi) is 3.77. The lowest BCUT2D eigenvalue weighted by Crippen LogP contribution is -2.14. The van der Waals surface area contributed by atoms with Crippen LogP contribution >= 0.6 is 0 Å². The molecule has 0 aliphatic heterocycles. The Balaban J connectivity index is 2.20. The molecule has 5 heteroatoms. The molecule has 1 aromatic carbocycles. The van der Waals surface area contributed by atoms with Crippen molar-refractivity contribution in [2.45, 2.75) is 13.8 Å². The van der Waals surface area contributed by atoms with E-state index in [1.807, 2.05) is 32.0 Å². The van der Waals surface area contributed by atoms with Gasteiger partial charge in [0.05, 0.1) is 0 Å². The maximum Gasteiger partial charge on any atom is 0.255 e. The summed E-state index contributed by atoms with van der Waals surface area (Å²) in [7, 11) is 0. The average molecular weight is 256 g/mol. The number of nitrogens with zero attached hydrogens (tertiary/aromatic N) is 1. The van der Waals surface area contributed by atoms with Crippen molar-refractivity contribution in [2.24, 2.45) is 5.84 Å². The number of rotatable bonds is 3. The number of benzene rings is 1. The van der Waals surface area contributed by atoms with Gasteiger partial charge >= 0.3 is 0 Å². The van der Waals surface area contributed by atoms with Crippen LogP contribution in [0.2, 0.25) is 0 Å². The van der Waals surface area contributed by atoms with Gasteiger partial charge in [0.25, 0.3) is 5.91 Å². The van der Waals surface area contributed by atoms with E-state index in [4.69, 9.17) is 5.84 Å². The minimum Gasteiger partial charge on any atom is -0.322 e. The topological polar surface area (TPSA) is 80.0 Å². The lowest BCUT2D eigenvalue weighted by molar-refractivity contribution is 0.102. The number of pyridine rings is 1. The Morgan fingerprint density at radius 1 is 1.21 bits per heavy atom. The molecule has 1 heterocycles. The van der Waals surface area contributed by atoms with Gasteiger partial charge in [-0.3, -0.25) is 4.79 Å². The van der Waals surface area contributed by atoms with E-state index >= 15 is 0 Å². The minimum absolute atomic E-state index is 0.189. The van der Waals surface area contributed by atoms with Gasteiger partial charge in [0.15, 0.2) is 0 Å². The highest BCUT2D eigenvalue weighted by atomic mass is 16.1. The molecule has 4 N–H and O–H groups in total. The van der Waals surface area contributed by atoms with E-state index < -0.39 is 0 Å². The molecule has 0 atom stereocenters. The monoisotopic (exact) mass is 256 g/mol. The van der Waals surface area contributed by atoms with Crippen LogP contribution in [0.3, 0.4) is 0 Å². The van der Waals surface area contributed by atoms with E-state index in [1.165, 1.54) is 6.20 Å². The van der Waals surface area contributed by atoms with Gasteiger partial charge in [-0.1, -0.05) is 17.7 Å². The Labute approximate surface area is 111 Å². The molecule has 98 valence electrons. The number of hydrogen-bond donors (Lipinski definition) is 3. The van der Waals surface area contributed by atoms with Gasteiger partial charge in [-0.2, -0.15) is 0 Å². The number of anilines is 2. The first-order valence-electron chi connectivity index (χ1n) is 5.91. The number of aryl methyl sites for hydroxylation is 2. The second-order valence-corrected chi connectivity index (χ2v) is 4.35. The summed E-state index contributed by atoms with van der Waals surface area (Å²) in [6.45, 7) is 3.97. The van der Waals surface area contributed by atoms with Crippen LogP contribution in [0, 0.1) is 13.8 Å². The lowest BCUT2D eigenvalue weighted by atomic mass is 10.1. The van der Waals surface area contributed by atoms with Crippen LogP contribution < -0.4 is 16.6 Å². The first-order valence-corrected chi connectivity index (χ1v) is 5.91. The maximum atomic E-state index is 12.1. The molecule has 1 amide bonds. The van der Waals surface area contributed by atoms with Crippen molar-refractivity contribution in [1.29, 1.82) is 0 Å². The predicted octanol–water partition coefficient (Wildman–Crippen LogP) is 2.24. The van der Waals surface area contributed by atoms with Crippen LogP contribution in [0.1, 0.15) is 21.5 Å². The zero-order valence-electron chi connectivity index (χ0n) is 10.9. The van der Waals surface area contributed by atoms with Crippen LogP contribution in [0.15, 0.2) is 36.5 Å². The Morgan fingerprint density at radius 2 is 2.00 bits per heavy atom. The number of carbonyl (C=O) groups excluding carboxylic acids is 1. The number of nitrogen functional groups attached to an aromatic ring is 1. The molecule has 2 aromatic rings. The fourth-order valence-electron chi connectivity index (χ4n) is 1.80. The number of nitrogens with one attached hydrogen (secondary N) is 2. The van der Waals surface area contributed by atoms with Crippen LogP contribution in [0.5, 0.6) is 0 Å². The van der Waals surface area contributed by atoms with Crippen LogP contribution in [0.4, 0.5) is 11.5 Å². The van der Waals surface area contributed by atoms with Crippen LogP contribution in [-0.4, -0.2) is 10.9 Å². The molecule has 2 rings (SSSR count). The first-order chi connectivity index (χ1) is 9.10. The summed E-state index contributed by atoms with van der Waals surface area (Å²) in [6.07, 6.45) is 1.53. The number of hydrogen-bond acceptors (Lipinski definition) is 4. The molecule has 0 fully saturated rings. The number of aromatic nitrogens is 1. The molecule has 0 aliphatic rings. The van der Waals surface area contributed by atoms with Crippen molar-refractivity contribution < 1.29 is 4.79 Å². The van der Waals surface area contributed by atoms with Gasteiger partial charge in [-0.15, -0.1) is 0 Å². The number of nitrogens with two attached hydrogens (primary N) is 1. The van der Waals surface area contributed by atoms with E-state index in [1.54, 1.807) is 12.1 Å². The third kappa shape index (κ3) is 3.08. The smallest absolute Gasteiger partial charge is 0.255 e. The SMILES string of the molecule is Cc1ccc(NC(=O)c2ccnc(NN)c2)c(C)c1. The summed E-state index contributed by atoms with van der Waals surface area (Å²) in [6, 6.07) is 9.11. The molecule has 0 saturated carbocycles. The number of amides is 1. The van der Waals surface area contributed by atoms with E-state index in [0.29, 0.717) is 11.4 Å². The standard InChI is InChI=1S/C14H16N4O/c1-9-3-4-12(10(2)7-9)17-14(19)11-5-6-16-13(8-11)18-15/h3-8H,15H2,1-2H3,(H,16,18)(H,17,19). The molecule has 19 heavy (non-hydrogen) atoms. The van der Waals surface area contributed by atoms with E-state index in [-0.39, 0.29) is 5.91 Å². The molecule has 0 aliphatic carbocycles. The fourth-order valence-corrected chi connectivity index (χ4v) is 1.80. The van der Waals surface area contributed by atoms with Crippen molar-refractivity contribution >= 4 is 17.4 Å². The average Bonchev–Trinajstić information content (AvgIpc) is 2.42. The van der Waals surface area contributed by atoms with Crippen molar-refractivity contribution in [1.82, 2.24) is 4.98 Å². The molecule has 0 unspecified atom stereocenters. The molecule has 0 spiro atoms. The van der Waals surface area contributed by atoms with Crippen molar-refractivity contribution in [3.8, 4) is 0 Å². The summed E-state index contributed by atoms with van der Waals surface area (Å²) in [5.41, 5.74) is 5.91. The number of hydrazine groups is 1. The van der Waals surface area contributed by atoms with Crippen LogP contribution in [0.25, 0.3) is 0 Å². The van der Waals surface area contributed by atoms with Crippen molar-refractivity contribution in [3.05, 3.63) is 53.2 Å². The summed E-state index contributed by atoms with van der Waals surface area (Å²) < 4.78 is 0. The zero-order valence-corrected chi connectivity index (χ0v) is 10.9. The maximum absolute atomic E-state index is 12.1. The van der Waals surface area contributed by atoms with Gasteiger partial charge in [0.1, 0.15) is 5.82 Å². The molecule has 1 aromatic heterocycles. The van der Waals surface area contributed by atoms with Crippen molar-refractivity contribution in [2.75, 3.05) is 10.7 Å². The molecule has 0 bridgehead atoms.